The molecule has 0 aromatic rings. The third kappa shape index (κ3) is 78.3. The van der Waals surface area contributed by atoms with Gasteiger partial charge < -0.3 is 20.1 Å². The number of carbonyl (C=O) groups excluding carboxylic acids is 2. The van der Waals surface area contributed by atoms with E-state index in [9.17, 15) is 14.4 Å². The number of aliphatic hydroxyl groups excluding tert-OH is 1. The van der Waals surface area contributed by atoms with E-state index in [1.54, 1.807) is 0 Å². The van der Waals surface area contributed by atoms with Crippen LogP contribution >= 0.6 is 0 Å². The molecule has 0 aliphatic heterocycles. The van der Waals surface area contributed by atoms with Gasteiger partial charge in [0.05, 0.1) is 6.61 Å². The van der Waals surface area contributed by atoms with Gasteiger partial charge in [0.15, 0.2) is 0 Å². The van der Waals surface area contributed by atoms with Gasteiger partial charge in [-0.1, -0.05) is 19.7 Å². The molecule has 0 aliphatic rings. The number of aliphatic carboxylic acids is 2. The Labute approximate surface area is 121 Å². The molecular weight excluding hydrogens is 286 g/mol. The van der Waals surface area contributed by atoms with Crippen LogP contribution in [0.15, 0.2) is 38.0 Å². The molecule has 0 rings (SSSR count). The highest BCUT2D eigenvalue weighted by Crippen LogP contribution is 1.75. The molecule has 0 atom stereocenters. The Kier molecular flexibility index (Phi) is 32.5. The molecule has 0 aromatic carbocycles. The Hall–Kier alpha value is -3.03. The number of carboxylic acids is 2. The second-order valence-corrected chi connectivity index (χ2v) is 2.28. The van der Waals surface area contributed by atoms with Gasteiger partial charge >= 0.3 is 17.9 Å². The molecule has 0 unspecified atom stereocenters. The van der Waals surface area contributed by atoms with Gasteiger partial charge in [-0.25, -0.2) is 24.6 Å². The first kappa shape index (κ1) is 26.5. The lowest BCUT2D eigenvalue weighted by Crippen LogP contribution is -2.04. The van der Waals surface area contributed by atoms with Crippen LogP contribution in [0, 0.1) is 5.41 Å². The molecule has 4 N–H and O–H groups in total. The fraction of sp³-hybridized carbons (Fsp3) is 0.167. The van der Waals surface area contributed by atoms with Crippen LogP contribution < -0.4 is 0 Å². The van der Waals surface area contributed by atoms with Crippen molar-refractivity contribution in [2.45, 2.75) is 0 Å². The van der Waals surface area contributed by atoms with E-state index >= 15 is 0 Å². The Morgan fingerprint density at radius 3 is 1.48 bits per heavy atom. The molecule has 9 heteroatoms. The number of aliphatic hydroxyl groups is 1. The zero-order valence-electron chi connectivity index (χ0n) is 11.2. The molecule has 0 saturated heterocycles. The van der Waals surface area contributed by atoms with E-state index in [1.165, 1.54) is 0 Å². The van der Waals surface area contributed by atoms with Crippen molar-refractivity contribution in [3.63, 3.8) is 0 Å². The number of carbonyl (C=O) groups is 3. The van der Waals surface area contributed by atoms with Crippen molar-refractivity contribution in [2.75, 3.05) is 13.2 Å². The maximum absolute atomic E-state index is 10.1. The number of ether oxygens (including phenoxy) is 1. The number of hydrogen-bond acceptors (Lipinski definition) is 7. The Bertz CT molecular complexity index is 351. The molecule has 0 aromatic heterocycles. The number of hydrogen-bond donors (Lipinski definition) is 4. The zero-order valence-corrected chi connectivity index (χ0v) is 11.2. The summed E-state index contributed by atoms with van der Waals surface area (Å²) in [6.07, 6.45) is 3.47. The fourth-order valence-electron chi connectivity index (χ4n) is 0.205. The van der Waals surface area contributed by atoms with Crippen LogP contribution in [0.5, 0.6) is 0 Å². The van der Waals surface area contributed by atoms with Gasteiger partial charge in [0.25, 0.3) is 0 Å². The van der Waals surface area contributed by atoms with Crippen LogP contribution in [0.1, 0.15) is 0 Å². The third-order valence-electron chi connectivity index (χ3n) is 0.852. The molecule has 0 amide bonds. The maximum Gasteiger partial charge on any atom is 0.330 e. The Morgan fingerprint density at radius 1 is 1.05 bits per heavy atom. The molecule has 21 heavy (non-hydrogen) atoms. The van der Waals surface area contributed by atoms with Crippen molar-refractivity contribution in [3.05, 3.63) is 38.0 Å². The summed E-state index contributed by atoms with van der Waals surface area (Å²) in [5, 5.41) is 28.7. The molecule has 0 heterocycles. The fourth-order valence-corrected chi connectivity index (χ4v) is 0.205. The summed E-state index contributed by atoms with van der Waals surface area (Å²) in [7, 11) is 0. The second kappa shape index (κ2) is 25.7. The minimum absolute atomic E-state index is 0.0465. The van der Waals surface area contributed by atoms with E-state index in [0.717, 1.165) is 24.3 Å². The van der Waals surface area contributed by atoms with Gasteiger partial charge in [-0.2, -0.15) is 0 Å². The summed E-state index contributed by atoms with van der Waals surface area (Å²) < 4.78 is 4.33. The van der Waals surface area contributed by atoms with Crippen LogP contribution in [0.2, 0.25) is 0 Å². The molecule has 0 aliphatic carbocycles. The summed E-state index contributed by atoms with van der Waals surface area (Å²) in [5.41, 5.74) is 0. The van der Waals surface area contributed by atoms with Gasteiger partial charge in [0, 0.05) is 18.2 Å². The summed E-state index contributed by atoms with van der Waals surface area (Å²) in [6, 6.07) is 0. The lowest BCUT2D eigenvalue weighted by atomic mass is 10.6. The molecule has 118 valence electrons. The first-order valence-corrected chi connectivity index (χ1v) is 4.91. The molecular formula is C12H17NO8. The Morgan fingerprint density at radius 2 is 1.33 bits per heavy atom. The standard InChI is InChI=1S/C5H8O3.2C3H4O2.CHNO/c1-2-5(7)8-4-3-6;2*1-2-3(4)5;2-1-3/h2,6H,1,3-4H2;2*2H,1H2,(H,4,5);2H. The third-order valence-corrected chi connectivity index (χ3v) is 0.852. The van der Waals surface area contributed by atoms with Crippen LogP contribution in [0.4, 0.5) is 0 Å². The van der Waals surface area contributed by atoms with Gasteiger partial charge in [-0.15, -0.1) is 0 Å². The Balaban J connectivity index is -0.0000000977. The largest absolute Gasteiger partial charge is 0.478 e. The van der Waals surface area contributed by atoms with Crippen molar-refractivity contribution in [2.24, 2.45) is 0 Å². The van der Waals surface area contributed by atoms with E-state index in [4.69, 9.17) is 25.5 Å². The van der Waals surface area contributed by atoms with E-state index in [2.05, 4.69) is 24.5 Å². The highest BCUT2D eigenvalue weighted by Gasteiger charge is 1.90. The van der Waals surface area contributed by atoms with E-state index < -0.39 is 17.9 Å². The smallest absolute Gasteiger partial charge is 0.330 e. The van der Waals surface area contributed by atoms with Crippen molar-refractivity contribution >= 4 is 24.0 Å². The SMILES string of the molecule is C=CC(=O)O.C=CC(=O)O.C=CC(=O)OCCO.N=C=O. The second-order valence-electron chi connectivity index (χ2n) is 2.28. The van der Waals surface area contributed by atoms with Crippen molar-refractivity contribution in [3.8, 4) is 0 Å². The molecule has 0 radical (unpaired) electrons. The quantitative estimate of drug-likeness (QED) is 0.241. The molecule has 9 nitrogen and oxygen atoms in total. The van der Waals surface area contributed by atoms with E-state index in [0.29, 0.717) is 0 Å². The number of nitrogens with one attached hydrogen (secondary N) is 1. The van der Waals surface area contributed by atoms with Crippen LogP contribution in [0.3, 0.4) is 0 Å². The number of carboxylic acid groups (broad SMARTS) is 2. The summed E-state index contributed by atoms with van der Waals surface area (Å²) in [4.78, 5) is 37.0. The van der Waals surface area contributed by atoms with Crippen LogP contribution in [-0.2, 0) is 23.9 Å². The van der Waals surface area contributed by atoms with Gasteiger partial charge in [0.2, 0.25) is 6.08 Å². The summed E-state index contributed by atoms with van der Waals surface area (Å²) >= 11 is 0. The average Bonchev–Trinajstić information content (AvgIpc) is 2.46. The summed E-state index contributed by atoms with van der Waals surface area (Å²) in [5.74, 6) is -2.46. The number of esters is 1. The monoisotopic (exact) mass is 303 g/mol. The first-order valence-electron chi connectivity index (χ1n) is 4.91. The maximum atomic E-state index is 10.1. The normalized spacial score (nSPS) is 6.52. The highest BCUT2D eigenvalue weighted by molar-refractivity contribution is 5.81. The van der Waals surface area contributed by atoms with Crippen molar-refractivity contribution < 1.29 is 39.2 Å². The molecule has 0 spiro atoms. The molecule has 0 bridgehead atoms. The highest BCUT2D eigenvalue weighted by atomic mass is 16.5. The topological polar surface area (TPSA) is 162 Å². The van der Waals surface area contributed by atoms with Crippen LogP contribution in [0.25, 0.3) is 0 Å². The van der Waals surface area contributed by atoms with E-state index in [-0.39, 0.29) is 13.2 Å². The zero-order chi connectivity index (χ0) is 17.7. The minimum Gasteiger partial charge on any atom is -0.478 e. The number of rotatable bonds is 5. The van der Waals surface area contributed by atoms with Gasteiger partial charge in [-0.05, 0) is 0 Å². The minimum atomic E-state index is -0.981. The first-order chi connectivity index (χ1) is 9.76. The lowest BCUT2D eigenvalue weighted by Gasteiger charge is -1.94. The van der Waals surface area contributed by atoms with E-state index in [1.807, 2.05) is 0 Å². The number of isocyanates is 1. The predicted octanol–water partition coefficient (Wildman–Crippen LogP) is 0.123. The predicted molar refractivity (Wildman–Crippen MR) is 72.3 cm³/mol. The van der Waals surface area contributed by atoms with Gasteiger partial charge in [0.1, 0.15) is 6.61 Å². The van der Waals surface area contributed by atoms with Gasteiger partial charge in [-0.3, -0.25) is 0 Å². The average molecular weight is 303 g/mol. The summed E-state index contributed by atoms with van der Waals surface area (Å²) in [6.45, 7) is 8.99. The molecule has 0 fully saturated rings. The molecule has 0 saturated carbocycles. The van der Waals surface area contributed by atoms with Crippen molar-refractivity contribution in [1.29, 1.82) is 5.41 Å². The van der Waals surface area contributed by atoms with Crippen molar-refractivity contribution in [1.82, 2.24) is 0 Å². The lowest BCUT2D eigenvalue weighted by molar-refractivity contribution is -0.138. The van der Waals surface area contributed by atoms with Crippen LogP contribution in [-0.4, -0.2) is 52.5 Å².